The van der Waals surface area contributed by atoms with Gasteiger partial charge in [-0.3, -0.25) is 4.79 Å². The first-order valence-corrected chi connectivity index (χ1v) is 7.35. The number of nitrogens with zero attached hydrogens (tertiary/aromatic N) is 1. The Morgan fingerprint density at radius 3 is 2.32 bits per heavy atom. The zero-order chi connectivity index (χ0) is 13.7. The fraction of sp³-hybridized carbons (Fsp3) is 0.857. The van der Waals surface area contributed by atoms with Crippen LogP contribution in [0.5, 0.6) is 0 Å². The van der Waals surface area contributed by atoms with Crippen LogP contribution in [0.4, 0.5) is 4.79 Å². The molecule has 1 saturated heterocycles. The molecule has 0 aromatic rings. The van der Waals surface area contributed by atoms with E-state index in [0.29, 0.717) is 0 Å². The van der Waals surface area contributed by atoms with Crippen LogP contribution in [0.2, 0.25) is 0 Å². The summed E-state index contributed by atoms with van der Waals surface area (Å²) < 4.78 is 4.66. The van der Waals surface area contributed by atoms with Crippen molar-refractivity contribution in [2.24, 2.45) is 5.92 Å². The standard InChI is InChI=1S/C14H24N2O3/c1-19-14(18)15-12(11-7-3-2-4-8-11)13(17)16-9-5-6-10-16/h11-12H,2-10H2,1H3,(H,15,18). The summed E-state index contributed by atoms with van der Waals surface area (Å²) in [6.07, 6.45) is 7.22. The molecule has 0 spiro atoms. The highest BCUT2D eigenvalue weighted by Gasteiger charge is 2.34. The van der Waals surface area contributed by atoms with Crippen molar-refractivity contribution in [3.63, 3.8) is 0 Å². The van der Waals surface area contributed by atoms with Gasteiger partial charge in [0.25, 0.3) is 0 Å². The van der Waals surface area contributed by atoms with Crippen molar-refractivity contribution in [2.75, 3.05) is 20.2 Å². The largest absolute Gasteiger partial charge is 0.453 e. The summed E-state index contributed by atoms with van der Waals surface area (Å²) in [6, 6.07) is -0.397. The van der Waals surface area contributed by atoms with E-state index < -0.39 is 12.1 Å². The molecule has 2 aliphatic rings. The molecule has 2 amide bonds. The average molecular weight is 268 g/mol. The SMILES string of the molecule is COC(=O)NC(C(=O)N1CCCC1)C1CCCCC1. The second kappa shape index (κ2) is 6.78. The summed E-state index contributed by atoms with van der Waals surface area (Å²) in [4.78, 5) is 25.9. The fourth-order valence-electron chi connectivity index (χ4n) is 3.17. The van der Waals surface area contributed by atoms with E-state index in [-0.39, 0.29) is 11.8 Å². The molecule has 2 fully saturated rings. The van der Waals surface area contributed by atoms with Crippen LogP contribution in [-0.4, -0.2) is 43.1 Å². The Morgan fingerprint density at radius 2 is 1.74 bits per heavy atom. The lowest BCUT2D eigenvalue weighted by atomic mass is 9.83. The van der Waals surface area contributed by atoms with Crippen LogP contribution in [0, 0.1) is 5.92 Å². The Balaban J connectivity index is 2.03. The summed E-state index contributed by atoms with van der Waals surface area (Å²) in [5.74, 6) is 0.343. The minimum atomic E-state index is -0.497. The quantitative estimate of drug-likeness (QED) is 0.850. The van der Waals surface area contributed by atoms with Gasteiger partial charge in [0.05, 0.1) is 7.11 Å². The molecule has 0 radical (unpaired) electrons. The first-order chi connectivity index (χ1) is 9.22. The topological polar surface area (TPSA) is 58.6 Å². The molecule has 1 aliphatic heterocycles. The van der Waals surface area contributed by atoms with Crippen LogP contribution in [0.25, 0.3) is 0 Å². The number of carbonyl (C=O) groups is 2. The van der Waals surface area contributed by atoms with Gasteiger partial charge in [0.15, 0.2) is 0 Å². The molecule has 1 saturated carbocycles. The van der Waals surface area contributed by atoms with E-state index in [0.717, 1.165) is 51.6 Å². The maximum Gasteiger partial charge on any atom is 0.407 e. The molecule has 0 bridgehead atoms. The molecule has 0 aromatic carbocycles. The highest BCUT2D eigenvalue weighted by molar-refractivity contribution is 5.86. The minimum absolute atomic E-state index is 0.0785. The third-order valence-corrected chi connectivity index (χ3v) is 4.26. The molecule has 19 heavy (non-hydrogen) atoms. The second-order valence-corrected chi connectivity index (χ2v) is 5.54. The number of methoxy groups -OCH3 is 1. The predicted molar refractivity (Wildman–Crippen MR) is 71.7 cm³/mol. The zero-order valence-corrected chi connectivity index (χ0v) is 11.7. The van der Waals surface area contributed by atoms with Gasteiger partial charge >= 0.3 is 6.09 Å². The second-order valence-electron chi connectivity index (χ2n) is 5.54. The molecule has 0 aromatic heterocycles. The monoisotopic (exact) mass is 268 g/mol. The van der Waals surface area contributed by atoms with Gasteiger partial charge in [-0.05, 0) is 31.6 Å². The minimum Gasteiger partial charge on any atom is -0.453 e. The third kappa shape index (κ3) is 3.61. The van der Waals surface area contributed by atoms with Crippen molar-refractivity contribution < 1.29 is 14.3 Å². The number of nitrogens with one attached hydrogen (secondary N) is 1. The predicted octanol–water partition coefficient (Wildman–Crippen LogP) is 1.91. The smallest absolute Gasteiger partial charge is 0.407 e. The molecular formula is C14H24N2O3. The lowest BCUT2D eigenvalue weighted by Gasteiger charge is -2.32. The number of amides is 2. The molecular weight excluding hydrogens is 244 g/mol. The summed E-state index contributed by atoms with van der Waals surface area (Å²) in [5, 5.41) is 2.76. The van der Waals surface area contributed by atoms with E-state index in [4.69, 9.17) is 0 Å². The molecule has 108 valence electrons. The van der Waals surface area contributed by atoms with Crippen LogP contribution in [0.1, 0.15) is 44.9 Å². The molecule has 1 unspecified atom stereocenters. The Kier molecular flexibility index (Phi) is 5.05. The van der Waals surface area contributed by atoms with Crippen molar-refractivity contribution in [3.05, 3.63) is 0 Å². The van der Waals surface area contributed by atoms with Gasteiger partial charge in [0, 0.05) is 13.1 Å². The number of alkyl carbamates (subject to hydrolysis) is 1. The molecule has 1 N–H and O–H groups in total. The highest BCUT2D eigenvalue weighted by atomic mass is 16.5. The molecule has 1 atom stereocenters. The molecule has 1 heterocycles. The van der Waals surface area contributed by atoms with E-state index in [1.807, 2.05) is 4.90 Å². The van der Waals surface area contributed by atoms with Crippen LogP contribution in [0.3, 0.4) is 0 Å². The Labute approximate surface area is 114 Å². The lowest BCUT2D eigenvalue weighted by Crippen LogP contribution is -2.52. The number of likely N-dealkylation sites (tertiary alicyclic amines) is 1. The average Bonchev–Trinajstić information content (AvgIpc) is 2.99. The van der Waals surface area contributed by atoms with Gasteiger partial charge in [0.1, 0.15) is 6.04 Å². The van der Waals surface area contributed by atoms with Crippen molar-refractivity contribution in [1.82, 2.24) is 10.2 Å². The Hall–Kier alpha value is -1.26. The van der Waals surface area contributed by atoms with E-state index in [1.165, 1.54) is 13.5 Å². The molecule has 2 rings (SSSR count). The van der Waals surface area contributed by atoms with Gasteiger partial charge in [-0.25, -0.2) is 4.79 Å². The molecule has 1 aliphatic carbocycles. The number of hydrogen-bond acceptors (Lipinski definition) is 3. The molecule has 5 nitrogen and oxygen atoms in total. The third-order valence-electron chi connectivity index (χ3n) is 4.26. The van der Waals surface area contributed by atoms with Gasteiger partial charge in [-0.1, -0.05) is 19.3 Å². The van der Waals surface area contributed by atoms with E-state index in [1.54, 1.807) is 0 Å². The van der Waals surface area contributed by atoms with Gasteiger partial charge in [-0.15, -0.1) is 0 Å². The normalized spacial score (nSPS) is 22.1. The highest BCUT2D eigenvalue weighted by Crippen LogP contribution is 2.28. The van der Waals surface area contributed by atoms with Gasteiger partial charge in [-0.2, -0.15) is 0 Å². The van der Waals surface area contributed by atoms with Crippen molar-refractivity contribution in [3.8, 4) is 0 Å². The van der Waals surface area contributed by atoms with Crippen molar-refractivity contribution in [2.45, 2.75) is 51.0 Å². The summed E-state index contributed by atoms with van der Waals surface area (Å²) in [6.45, 7) is 1.65. The Bertz CT molecular complexity index is 321. The number of rotatable bonds is 3. The van der Waals surface area contributed by atoms with Crippen LogP contribution in [0.15, 0.2) is 0 Å². The molecule has 5 heteroatoms. The number of carbonyl (C=O) groups excluding carboxylic acids is 2. The van der Waals surface area contributed by atoms with Gasteiger partial charge < -0.3 is 15.0 Å². The first-order valence-electron chi connectivity index (χ1n) is 7.35. The zero-order valence-electron chi connectivity index (χ0n) is 11.7. The maximum atomic E-state index is 12.6. The number of ether oxygens (including phenoxy) is 1. The summed E-state index contributed by atoms with van der Waals surface area (Å²) in [5.41, 5.74) is 0. The Morgan fingerprint density at radius 1 is 1.11 bits per heavy atom. The summed E-state index contributed by atoms with van der Waals surface area (Å²) >= 11 is 0. The van der Waals surface area contributed by atoms with Crippen LogP contribution < -0.4 is 5.32 Å². The maximum absolute atomic E-state index is 12.6. The van der Waals surface area contributed by atoms with E-state index in [9.17, 15) is 9.59 Å². The first kappa shape index (κ1) is 14.2. The van der Waals surface area contributed by atoms with Crippen LogP contribution in [-0.2, 0) is 9.53 Å². The van der Waals surface area contributed by atoms with E-state index in [2.05, 4.69) is 10.1 Å². The fourth-order valence-corrected chi connectivity index (χ4v) is 3.17. The van der Waals surface area contributed by atoms with Gasteiger partial charge in [0.2, 0.25) is 5.91 Å². The summed E-state index contributed by atoms with van der Waals surface area (Å²) in [7, 11) is 1.34. The van der Waals surface area contributed by atoms with Crippen molar-refractivity contribution >= 4 is 12.0 Å². The lowest BCUT2D eigenvalue weighted by molar-refractivity contribution is -0.134. The van der Waals surface area contributed by atoms with E-state index >= 15 is 0 Å². The van der Waals surface area contributed by atoms with Crippen LogP contribution >= 0.6 is 0 Å². The number of hydrogen-bond donors (Lipinski definition) is 1. The van der Waals surface area contributed by atoms with Crippen molar-refractivity contribution in [1.29, 1.82) is 0 Å².